The van der Waals surface area contributed by atoms with Crippen LogP contribution in [-0.2, 0) is 10.8 Å². The molecule has 0 saturated heterocycles. The number of methoxy groups -OCH3 is 1. The molecule has 25 heavy (non-hydrogen) atoms. The highest BCUT2D eigenvalue weighted by atomic mass is 16.5. The van der Waals surface area contributed by atoms with Gasteiger partial charge in [0.1, 0.15) is 5.75 Å². The summed E-state index contributed by atoms with van der Waals surface area (Å²) in [5.74, 6) is 0.949. The maximum atomic E-state index is 5.23. The third-order valence-corrected chi connectivity index (χ3v) is 4.53. The smallest absolute Gasteiger partial charge is 0.119 e. The Labute approximate surface area is 155 Å². The third kappa shape index (κ3) is 6.57. The van der Waals surface area contributed by atoms with Crippen molar-refractivity contribution in [2.75, 3.05) is 7.11 Å². The van der Waals surface area contributed by atoms with E-state index in [4.69, 9.17) is 4.74 Å². The van der Waals surface area contributed by atoms with Crippen molar-refractivity contribution in [2.45, 2.75) is 73.1 Å². The Morgan fingerprint density at radius 3 is 1.64 bits per heavy atom. The van der Waals surface area contributed by atoms with Gasteiger partial charge in [0.15, 0.2) is 0 Å². The van der Waals surface area contributed by atoms with E-state index in [0.29, 0.717) is 0 Å². The summed E-state index contributed by atoms with van der Waals surface area (Å²) in [6.45, 7) is 19.8. The quantitative estimate of drug-likeness (QED) is 0.548. The molecule has 0 unspecified atom stereocenters. The van der Waals surface area contributed by atoms with Gasteiger partial charge < -0.3 is 4.74 Å². The van der Waals surface area contributed by atoms with Crippen molar-refractivity contribution in [1.82, 2.24) is 0 Å². The van der Waals surface area contributed by atoms with E-state index in [2.05, 4.69) is 98.7 Å². The fourth-order valence-corrected chi connectivity index (χ4v) is 2.51. The summed E-state index contributed by atoms with van der Waals surface area (Å²) in [4.78, 5) is 0. The van der Waals surface area contributed by atoms with Gasteiger partial charge in [0.05, 0.1) is 7.11 Å². The first-order valence-corrected chi connectivity index (χ1v) is 9.08. The standard InChI is InChI=1S/C12H18O.C12H18/c1-9-6-10(12(2,3)4)8-11(7-9)13-5;1-9-6-7-11(8-10(9)2)12(3,4)5/h6-8H,1-5H3;6-8H,1-5H3. The predicted octanol–water partition coefficient (Wildman–Crippen LogP) is 6.90. The van der Waals surface area contributed by atoms with Crippen LogP contribution in [0.4, 0.5) is 0 Å². The molecule has 0 heterocycles. The zero-order chi connectivity index (χ0) is 19.4. The fraction of sp³-hybridized carbons (Fsp3) is 0.500. The van der Waals surface area contributed by atoms with Gasteiger partial charge in [-0.3, -0.25) is 0 Å². The molecule has 0 radical (unpaired) electrons. The van der Waals surface area contributed by atoms with E-state index < -0.39 is 0 Å². The van der Waals surface area contributed by atoms with E-state index in [0.717, 1.165) is 5.75 Å². The number of aryl methyl sites for hydroxylation is 3. The van der Waals surface area contributed by atoms with Gasteiger partial charge in [0.2, 0.25) is 0 Å². The monoisotopic (exact) mass is 340 g/mol. The molecule has 0 aromatic heterocycles. The molecule has 1 heteroatoms. The van der Waals surface area contributed by atoms with Gasteiger partial charge in [-0.1, -0.05) is 65.8 Å². The maximum absolute atomic E-state index is 5.23. The van der Waals surface area contributed by atoms with Gasteiger partial charge in [-0.05, 0) is 71.6 Å². The first-order valence-electron chi connectivity index (χ1n) is 9.08. The Morgan fingerprint density at radius 2 is 1.20 bits per heavy atom. The highest BCUT2D eigenvalue weighted by Crippen LogP contribution is 2.27. The summed E-state index contributed by atoms with van der Waals surface area (Å²) in [7, 11) is 1.71. The molecule has 2 rings (SSSR count). The van der Waals surface area contributed by atoms with Crippen LogP contribution in [0, 0.1) is 20.8 Å². The van der Waals surface area contributed by atoms with Crippen LogP contribution >= 0.6 is 0 Å². The van der Waals surface area contributed by atoms with Crippen molar-refractivity contribution in [1.29, 1.82) is 0 Å². The number of hydrogen-bond acceptors (Lipinski definition) is 1. The van der Waals surface area contributed by atoms with E-state index >= 15 is 0 Å². The lowest BCUT2D eigenvalue weighted by atomic mass is 9.85. The molecule has 0 saturated carbocycles. The van der Waals surface area contributed by atoms with Crippen LogP contribution in [0.5, 0.6) is 5.75 Å². The first kappa shape index (κ1) is 21.3. The Bertz CT molecular complexity index is 697. The molecule has 0 bridgehead atoms. The van der Waals surface area contributed by atoms with Crippen molar-refractivity contribution >= 4 is 0 Å². The minimum atomic E-state index is 0.194. The molecule has 0 aliphatic heterocycles. The molecule has 0 spiro atoms. The molecule has 0 aliphatic carbocycles. The normalized spacial score (nSPS) is 11.6. The van der Waals surface area contributed by atoms with Gasteiger partial charge in [0.25, 0.3) is 0 Å². The highest BCUT2D eigenvalue weighted by molar-refractivity contribution is 5.37. The van der Waals surface area contributed by atoms with Crippen molar-refractivity contribution in [3.05, 3.63) is 64.2 Å². The molecule has 138 valence electrons. The zero-order valence-electron chi connectivity index (χ0n) is 17.9. The van der Waals surface area contributed by atoms with Crippen LogP contribution < -0.4 is 4.74 Å². The summed E-state index contributed by atoms with van der Waals surface area (Å²) in [6.07, 6.45) is 0. The largest absolute Gasteiger partial charge is 0.497 e. The SMILES string of the molecule is COc1cc(C)cc(C(C)(C)C)c1.Cc1ccc(C(C)(C)C)cc1C. The molecule has 0 fully saturated rings. The van der Waals surface area contributed by atoms with Crippen molar-refractivity contribution in [3.63, 3.8) is 0 Å². The minimum Gasteiger partial charge on any atom is -0.497 e. The van der Waals surface area contributed by atoms with Crippen LogP contribution in [0.1, 0.15) is 69.4 Å². The summed E-state index contributed by atoms with van der Waals surface area (Å²) in [6, 6.07) is 13.1. The van der Waals surface area contributed by atoms with Gasteiger partial charge >= 0.3 is 0 Å². The second-order valence-corrected chi connectivity index (χ2v) is 9.04. The van der Waals surface area contributed by atoms with Gasteiger partial charge in [-0.25, -0.2) is 0 Å². The summed E-state index contributed by atoms with van der Waals surface area (Å²) >= 11 is 0. The summed E-state index contributed by atoms with van der Waals surface area (Å²) in [5.41, 5.74) is 7.24. The lowest BCUT2D eigenvalue weighted by Gasteiger charge is -2.20. The summed E-state index contributed by atoms with van der Waals surface area (Å²) < 4.78 is 5.23. The predicted molar refractivity (Wildman–Crippen MR) is 111 cm³/mol. The van der Waals surface area contributed by atoms with Gasteiger partial charge in [0, 0.05) is 0 Å². The Morgan fingerprint density at radius 1 is 0.640 bits per heavy atom. The van der Waals surface area contributed by atoms with E-state index in [-0.39, 0.29) is 10.8 Å². The van der Waals surface area contributed by atoms with Crippen molar-refractivity contribution in [3.8, 4) is 5.75 Å². The lowest BCUT2D eigenvalue weighted by Crippen LogP contribution is -2.11. The molecular formula is C24H36O. The van der Waals surface area contributed by atoms with Crippen LogP contribution in [-0.4, -0.2) is 7.11 Å². The van der Waals surface area contributed by atoms with E-state index in [1.165, 1.54) is 27.8 Å². The van der Waals surface area contributed by atoms with Gasteiger partial charge in [-0.15, -0.1) is 0 Å². The second kappa shape index (κ2) is 8.08. The fourth-order valence-electron chi connectivity index (χ4n) is 2.51. The molecule has 1 nitrogen and oxygen atoms in total. The lowest BCUT2D eigenvalue weighted by molar-refractivity contribution is 0.412. The molecule has 0 N–H and O–H groups in total. The second-order valence-electron chi connectivity index (χ2n) is 9.04. The van der Waals surface area contributed by atoms with Crippen molar-refractivity contribution < 1.29 is 4.74 Å². The molecule has 0 amide bonds. The molecule has 0 aliphatic rings. The van der Waals surface area contributed by atoms with E-state index in [9.17, 15) is 0 Å². The van der Waals surface area contributed by atoms with Crippen LogP contribution in [0.25, 0.3) is 0 Å². The average Bonchev–Trinajstić information content (AvgIpc) is 2.48. The van der Waals surface area contributed by atoms with E-state index in [1.807, 2.05) is 0 Å². The topological polar surface area (TPSA) is 9.23 Å². The van der Waals surface area contributed by atoms with E-state index in [1.54, 1.807) is 7.11 Å². The Kier molecular flexibility index (Phi) is 6.88. The Hall–Kier alpha value is -1.76. The molecule has 0 atom stereocenters. The number of hydrogen-bond donors (Lipinski definition) is 0. The molecule has 2 aromatic rings. The maximum Gasteiger partial charge on any atom is 0.119 e. The number of ether oxygens (including phenoxy) is 1. The van der Waals surface area contributed by atoms with Crippen LogP contribution in [0.3, 0.4) is 0 Å². The minimum absolute atomic E-state index is 0.194. The van der Waals surface area contributed by atoms with Crippen molar-refractivity contribution in [2.24, 2.45) is 0 Å². The average molecular weight is 341 g/mol. The Balaban J connectivity index is 0.000000251. The summed E-state index contributed by atoms with van der Waals surface area (Å²) in [5, 5.41) is 0. The van der Waals surface area contributed by atoms with Gasteiger partial charge in [-0.2, -0.15) is 0 Å². The molecule has 2 aromatic carbocycles. The third-order valence-electron chi connectivity index (χ3n) is 4.53. The number of rotatable bonds is 1. The highest BCUT2D eigenvalue weighted by Gasteiger charge is 2.14. The van der Waals surface area contributed by atoms with Crippen LogP contribution in [0.2, 0.25) is 0 Å². The number of benzene rings is 2. The first-order chi connectivity index (χ1) is 11.3. The zero-order valence-corrected chi connectivity index (χ0v) is 17.9. The van der Waals surface area contributed by atoms with Crippen LogP contribution in [0.15, 0.2) is 36.4 Å². The molecular weight excluding hydrogens is 304 g/mol.